The van der Waals surface area contributed by atoms with Crippen LogP contribution in [0.5, 0.6) is 0 Å². The van der Waals surface area contributed by atoms with E-state index >= 15 is 0 Å². The van der Waals surface area contributed by atoms with Gasteiger partial charge >= 0.3 is 0 Å². The van der Waals surface area contributed by atoms with Gasteiger partial charge < -0.3 is 9.80 Å². The molecule has 2 rings (SSSR count). The van der Waals surface area contributed by atoms with Gasteiger partial charge in [0.25, 0.3) is 0 Å². The van der Waals surface area contributed by atoms with Crippen LogP contribution in [0.2, 0.25) is 0 Å². The number of hydrogen-bond acceptors (Lipinski definition) is 4. The summed E-state index contributed by atoms with van der Waals surface area (Å²) >= 11 is 1.71. The van der Waals surface area contributed by atoms with Crippen molar-refractivity contribution in [3.05, 3.63) is 22.4 Å². The number of rotatable bonds is 7. The number of hydrogen-bond donors (Lipinski definition) is 1. The summed E-state index contributed by atoms with van der Waals surface area (Å²) in [5.41, 5.74) is 0. The monoisotopic (exact) mass is 281 g/mol. The maximum atomic E-state index is 11.9. The molecular weight excluding hydrogens is 258 g/mol. The standard InChI is InChI=1S/C14H23N3OS/c1-3-16(4-2)8-6-9-17-13(18)11-15-14(17)12-7-5-10-19-12/h5,7,10,14-15H,3-4,6,8-9,11H2,1-2H3. The average molecular weight is 281 g/mol. The molecule has 5 heteroatoms. The molecule has 1 saturated heterocycles. The third-order valence-electron chi connectivity index (χ3n) is 3.66. The molecule has 1 fully saturated rings. The molecular formula is C14H23N3OS. The van der Waals surface area contributed by atoms with Crippen molar-refractivity contribution in [3.63, 3.8) is 0 Å². The van der Waals surface area contributed by atoms with Crippen LogP contribution in [0, 0.1) is 0 Å². The second-order valence-electron chi connectivity index (χ2n) is 4.77. The summed E-state index contributed by atoms with van der Waals surface area (Å²) in [4.78, 5) is 17.6. The Balaban J connectivity index is 1.88. The normalized spacial score (nSPS) is 19.6. The molecule has 0 aliphatic carbocycles. The van der Waals surface area contributed by atoms with E-state index in [1.165, 1.54) is 4.88 Å². The van der Waals surface area contributed by atoms with Crippen LogP contribution in [0.1, 0.15) is 31.3 Å². The number of nitrogens with zero attached hydrogens (tertiary/aromatic N) is 2. The molecule has 1 aliphatic rings. The first kappa shape index (κ1) is 14.5. The third-order valence-corrected chi connectivity index (χ3v) is 4.58. The number of amides is 1. The Morgan fingerprint density at radius 1 is 1.47 bits per heavy atom. The van der Waals surface area contributed by atoms with Crippen molar-refractivity contribution in [1.82, 2.24) is 15.1 Å². The highest BCUT2D eigenvalue weighted by Gasteiger charge is 2.31. The molecule has 19 heavy (non-hydrogen) atoms. The lowest BCUT2D eigenvalue weighted by Gasteiger charge is -2.25. The van der Waals surface area contributed by atoms with Crippen LogP contribution >= 0.6 is 11.3 Å². The highest BCUT2D eigenvalue weighted by Crippen LogP contribution is 2.26. The van der Waals surface area contributed by atoms with E-state index in [9.17, 15) is 4.79 Å². The van der Waals surface area contributed by atoms with Gasteiger partial charge in [-0.25, -0.2) is 0 Å². The summed E-state index contributed by atoms with van der Waals surface area (Å²) in [5, 5.41) is 5.36. The second kappa shape index (κ2) is 7.03. The molecule has 1 aliphatic heterocycles. The molecule has 106 valence electrons. The molecule has 1 atom stereocenters. The van der Waals surface area contributed by atoms with Crippen LogP contribution in [0.3, 0.4) is 0 Å². The van der Waals surface area contributed by atoms with Gasteiger partial charge in [0.2, 0.25) is 5.91 Å². The molecule has 1 N–H and O–H groups in total. The average Bonchev–Trinajstić information content (AvgIpc) is 3.05. The molecule has 4 nitrogen and oxygen atoms in total. The minimum Gasteiger partial charge on any atom is -0.321 e. The fraction of sp³-hybridized carbons (Fsp3) is 0.643. The smallest absolute Gasteiger partial charge is 0.238 e. The Morgan fingerprint density at radius 2 is 2.26 bits per heavy atom. The maximum absolute atomic E-state index is 11.9. The Hall–Kier alpha value is -0.910. The van der Waals surface area contributed by atoms with Crippen LogP contribution in [-0.4, -0.2) is 48.4 Å². The number of nitrogens with one attached hydrogen (secondary N) is 1. The molecule has 0 radical (unpaired) electrons. The van der Waals surface area contributed by atoms with Gasteiger partial charge in [0.15, 0.2) is 0 Å². The van der Waals surface area contributed by atoms with Crippen LogP contribution in [0.25, 0.3) is 0 Å². The van der Waals surface area contributed by atoms with Gasteiger partial charge in [-0.15, -0.1) is 11.3 Å². The van der Waals surface area contributed by atoms with Crippen LogP contribution in [-0.2, 0) is 4.79 Å². The van der Waals surface area contributed by atoms with E-state index in [1.54, 1.807) is 11.3 Å². The molecule has 1 unspecified atom stereocenters. The Kier molecular flexibility index (Phi) is 5.36. The number of carbonyl (C=O) groups is 1. The first-order valence-corrected chi connectivity index (χ1v) is 7.92. The summed E-state index contributed by atoms with van der Waals surface area (Å²) in [7, 11) is 0. The lowest BCUT2D eigenvalue weighted by atomic mass is 10.3. The predicted molar refractivity (Wildman–Crippen MR) is 79.2 cm³/mol. The summed E-state index contributed by atoms with van der Waals surface area (Å²) < 4.78 is 0. The van der Waals surface area contributed by atoms with E-state index in [-0.39, 0.29) is 12.1 Å². The highest BCUT2D eigenvalue weighted by atomic mass is 32.1. The summed E-state index contributed by atoms with van der Waals surface area (Å²) in [6, 6.07) is 4.14. The molecule has 1 amide bonds. The summed E-state index contributed by atoms with van der Waals surface area (Å²) in [6.07, 6.45) is 1.13. The Morgan fingerprint density at radius 3 is 2.89 bits per heavy atom. The van der Waals surface area contributed by atoms with Crippen molar-refractivity contribution in [3.8, 4) is 0 Å². The van der Waals surface area contributed by atoms with E-state index in [0.29, 0.717) is 6.54 Å². The van der Waals surface area contributed by atoms with Gasteiger partial charge in [-0.1, -0.05) is 19.9 Å². The molecule has 0 bridgehead atoms. The fourth-order valence-corrected chi connectivity index (χ4v) is 3.31. The van der Waals surface area contributed by atoms with Crippen molar-refractivity contribution in [2.75, 3.05) is 32.7 Å². The highest BCUT2D eigenvalue weighted by molar-refractivity contribution is 7.10. The molecule has 0 spiro atoms. The quantitative estimate of drug-likeness (QED) is 0.829. The molecule has 1 aromatic heterocycles. The minimum absolute atomic E-state index is 0.0872. The van der Waals surface area contributed by atoms with E-state index in [4.69, 9.17) is 0 Å². The molecule has 2 heterocycles. The van der Waals surface area contributed by atoms with Gasteiger partial charge in [0.1, 0.15) is 6.17 Å². The first-order chi connectivity index (χ1) is 9.26. The van der Waals surface area contributed by atoms with Crippen LogP contribution < -0.4 is 5.32 Å². The zero-order valence-corrected chi connectivity index (χ0v) is 12.6. The Bertz CT molecular complexity index is 389. The van der Waals surface area contributed by atoms with Crippen molar-refractivity contribution in [2.45, 2.75) is 26.4 Å². The summed E-state index contributed by atoms with van der Waals surface area (Å²) in [6.45, 7) is 8.89. The lowest BCUT2D eigenvalue weighted by Crippen LogP contribution is -2.33. The Labute approximate surface area is 119 Å². The van der Waals surface area contributed by atoms with E-state index < -0.39 is 0 Å². The van der Waals surface area contributed by atoms with Crippen LogP contribution in [0.15, 0.2) is 17.5 Å². The van der Waals surface area contributed by atoms with Gasteiger partial charge in [0, 0.05) is 11.4 Å². The second-order valence-corrected chi connectivity index (χ2v) is 5.75. The number of carbonyl (C=O) groups excluding carboxylic acids is 1. The SMILES string of the molecule is CCN(CC)CCCN1C(=O)CNC1c1cccs1. The van der Waals surface area contributed by atoms with Crippen LogP contribution in [0.4, 0.5) is 0 Å². The summed E-state index contributed by atoms with van der Waals surface area (Å²) in [5.74, 6) is 0.220. The topological polar surface area (TPSA) is 35.6 Å². The fourth-order valence-electron chi connectivity index (χ4n) is 2.50. The van der Waals surface area contributed by atoms with Gasteiger partial charge in [0.05, 0.1) is 6.54 Å². The molecule has 0 saturated carbocycles. The zero-order chi connectivity index (χ0) is 13.7. The number of thiophene rings is 1. The van der Waals surface area contributed by atoms with Gasteiger partial charge in [-0.05, 0) is 37.5 Å². The van der Waals surface area contributed by atoms with E-state index in [2.05, 4.69) is 35.5 Å². The zero-order valence-electron chi connectivity index (χ0n) is 11.8. The van der Waals surface area contributed by atoms with E-state index in [0.717, 1.165) is 32.6 Å². The lowest BCUT2D eigenvalue weighted by molar-refractivity contribution is -0.128. The van der Waals surface area contributed by atoms with Gasteiger partial charge in [-0.2, -0.15) is 0 Å². The van der Waals surface area contributed by atoms with Gasteiger partial charge in [-0.3, -0.25) is 10.1 Å². The van der Waals surface area contributed by atoms with E-state index in [1.807, 2.05) is 11.0 Å². The molecule has 1 aromatic rings. The van der Waals surface area contributed by atoms with Crippen molar-refractivity contribution in [1.29, 1.82) is 0 Å². The third kappa shape index (κ3) is 3.55. The maximum Gasteiger partial charge on any atom is 0.238 e. The first-order valence-electron chi connectivity index (χ1n) is 7.04. The van der Waals surface area contributed by atoms with Crippen molar-refractivity contribution >= 4 is 17.2 Å². The molecule has 0 aromatic carbocycles. The van der Waals surface area contributed by atoms with Crippen molar-refractivity contribution < 1.29 is 4.79 Å². The van der Waals surface area contributed by atoms with Crippen molar-refractivity contribution in [2.24, 2.45) is 0 Å². The minimum atomic E-state index is 0.0872. The largest absolute Gasteiger partial charge is 0.321 e. The predicted octanol–water partition coefficient (Wildman–Crippen LogP) is 1.91.